The van der Waals surface area contributed by atoms with Crippen molar-refractivity contribution in [1.82, 2.24) is 25.1 Å². The molecule has 5 rings (SSSR count). The van der Waals surface area contributed by atoms with E-state index in [1.165, 1.54) is 10.5 Å². The first-order valence-electron chi connectivity index (χ1n) is 10.5. The van der Waals surface area contributed by atoms with Gasteiger partial charge in [0.1, 0.15) is 17.1 Å². The molecular formula is C22H22N6O4S. The van der Waals surface area contributed by atoms with Crippen LogP contribution in [0.5, 0.6) is 11.5 Å². The second-order valence-electron chi connectivity index (χ2n) is 7.78. The van der Waals surface area contributed by atoms with Crippen LogP contribution in [0.4, 0.5) is 5.82 Å². The van der Waals surface area contributed by atoms with Crippen LogP contribution in [0.2, 0.25) is 0 Å². The van der Waals surface area contributed by atoms with E-state index in [1.807, 2.05) is 24.3 Å². The number of nitrogens with one attached hydrogen (secondary N) is 1. The van der Waals surface area contributed by atoms with Crippen molar-refractivity contribution in [1.29, 1.82) is 0 Å². The van der Waals surface area contributed by atoms with Crippen molar-refractivity contribution < 1.29 is 18.3 Å². The Labute approximate surface area is 190 Å². The molecule has 0 bridgehead atoms. The van der Waals surface area contributed by atoms with Crippen molar-refractivity contribution in [2.24, 2.45) is 0 Å². The van der Waals surface area contributed by atoms with Gasteiger partial charge in [-0.05, 0) is 42.7 Å². The second-order valence-corrected chi connectivity index (χ2v) is 9.79. The zero-order chi connectivity index (χ0) is 23.0. The zero-order valence-electron chi connectivity index (χ0n) is 17.9. The highest BCUT2D eigenvalue weighted by Gasteiger charge is 2.30. The molecule has 0 aliphatic carbocycles. The maximum Gasteiger partial charge on any atom is 0.236 e. The van der Waals surface area contributed by atoms with E-state index in [2.05, 4.69) is 25.1 Å². The van der Waals surface area contributed by atoms with Crippen LogP contribution >= 0.6 is 0 Å². The van der Waals surface area contributed by atoms with Crippen LogP contribution in [0.1, 0.15) is 24.2 Å². The lowest BCUT2D eigenvalue weighted by Crippen LogP contribution is -2.38. The lowest BCUT2D eigenvalue weighted by Gasteiger charge is -2.28. The molecule has 170 valence electrons. The predicted molar refractivity (Wildman–Crippen MR) is 123 cm³/mol. The number of methoxy groups -OCH3 is 1. The number of anilines is 1. The van der Waals surface area contributed by atoms with E-state index in [9.17, 15) is 13.5 Å². The van der Waals surface area contributed by atoms with Gasteiger partial charge in [-0.15, -0.1) is 10.2 Å². The van der Waals surface area contributed by atoms with E-state index in [0.29, 0.717) is 30.6 Å². The van der Waals surface area contributed by atoms with Crippen molar-refractivity contribution in [3.63, 3.8) is 0 Å². The van der Waals surface area contributed by atoms with Crippen LogP contribution in [0, 0.1) is 0 Å². The SMILES string of the molecule is COc1cccc(Cc2nnc(-c3nc(N4CCCCS4(=O)=O)c4cccnc4c3O)[nH]2)c1. The Hall–Kier alpha value is -3.73. The summed E-state index contributed by atoms with van der Waals surface area (Å²) in [6.07, 6.45) is 3.33. The minimum Gasteiger partial charge on any atom is -0.504 e. The quantitative estimate of drug-likeness (QED) is 0.458. The Balaban J connectivity index is 1.58. The molecule has 0 amide bonds. The van der Waals surface area contributed by atoms with Crippen LogP contribution in [0.25, 0.3) is 22.4 Å². The van der Waals surface area contributed by atoms with Crippen LogP contribution < -0.4 is 9.04 Å². The fourth-order valence-corrected chi connectivity index (χ4v) is 5.55. The first-order valence-corrected chi connectivity index (χ1v) is 12.1. The van der Waals surface area contributed by atoms with Crippen LogP contribution in [-0.2, 0) is 16.4 Å². The molecule has 0 saturated carbocycles. The normalized spacial score (nSPS) is 15.6. The van der Waals surface area contributed by atoms with Gasteiger partial charge in [0.2, 0.25) is 10.0 Å². The molecule has 1 fully saturated rings. The highest BCUT2D eigenvalue weighted by atomic mass is 32.2. The summed E-state index contributed by atoms with van der Waals surface area (Å²) >= 11 is 0. The number of aromatic hydroxyl groups is 1. The molecule has 0 radical (unpaired) electrons. The number of benzene rings is 1. The van der Waals surface area contributed by atoms with Gasteiger partial charge in [-0.1, -0.05) is 12.1 Å². The molecule has 1 aliphatic rings. The number of nitrogens with zero attached hydrogens (tertiary/aromatic N) is 5. The summed E-state index contributed by atoms with van der Waals surface area (Å²) in [5.41, 5.74) is 1.32. The van der Waals surface area contributed by atoms with E-state index in [4.69, 9.17) is 4.74 Å². The molecule has 3 aromatic heterocycles. The summed E-state index contributed by atoms with van der Waals surface area (Å²) in [5.74, 6) is 1.63. The third-order valence-electron chi connectivity index (χ3n) is 5.56. The number of rotatable bonds is 5. The summed E-state index contributed by atoms with van der Waals surface area (Å²) in [7, 11) is -1.91. The van der Waals surface area contributed by atoms with Crippen LogP contribution in [0.3, 0.4) is 0 Å². The Bertz CT molecular complexity index is 1440. The van der Waals surface area contributed by atoms with Crippen molar-refractivity contribution >= 4 is 26.7 Å². The topological polar surface area (TPSA) is 134 Å². The summed E-state index contributed by atoms with van der Waals surface area (Å²) in [6.45, 7) is 0.320. The molecule has 1 aliphatic heterocycles. The van der Waals surface area contributed by atoms with E-state index >= 15 is 0 Å². The fourth-order valence-electron chi connectivity index (χ4n) is 3.95. The number of H-pyrrole nitrogens is 1. The lowest BCUT2D eigenvalue weighted by molar-refractivity contribution is 0.414. The van der Waals surface area contributed by atoms with Crippen molar-refractivity contribution in [3.05, 3.63) is 54.0 Å². The molecule has 1 saturated heterocycles. The summed E-state index contributed by atoms with van der Waals surface area (Å²) < 4.78 is 32.1. The Morgan fingerprint density at radius 3 is 2.88 bits per heavy atom. The minimum absolute atomic E-state index is 0.0552. The Morgan fingerprint density at radius 2 is 2.06 bits per heavy atom. The number of ether oxygens (including phenoxy) is 1. The predicted octanol–water partition coefficient (Wildman–Crippen LogP) is 2.65. The molecule has 11 heteroatoms. The first kappa shape index (κ1) is 21.1. The smallest absolute Gasteiger partial charge is 0.236 e. The second kappa shape index (κ2) is 8.32. The highest BCUT2D eigenvalue weighted by Crippen LogP contribution is 2.38. The van der Waals surface area contributed by atoms with Gasteiger partial charge >= 0.3 is 0 Å². The molecule has 0 unspecified atom stereocenters. The summed E-state index contributed by atoms with van der Waals surface area (Å²) in [4.78, 5) is 11.9. The first-order chi connectivity index (χ1) is 16.0. The molecule has 1 aromatic carbocycles. The Morgan fingerprint density at radius 1 is 1.18 bits per heavy atom. The Kier molecular flexibility index (Phi) is 5.33. The number of hydrogen-bond acceptors (Lipinski definition) is 8. The molecule has 4 heterocycles. The average Bonchev–Trinajstić information content (AvgIpc) is 3.28. The highest BCUT2D eigenvalue weighted by molar-refractivity contribution is 7.92. The maximum absolute atomic E-state index is 12.8. The number of aromatic amines is 1. The minimum atomic E-state index is -3.52. The number of fused-ring (bicyclic) bond motifs is 1. The van der Waals surface area contributed by atoms with E-state index in [-0.39, 0.29) is 34.4 Å². The van der Waals surface area contributed by atoms with Gasteiger partial charge in [0.25, 0.3) is 0 Å². The van der Waals surface area contributed by atoms with Gasteiger partial charge in [-0.2, -0.15) is 0 Å². The largest absolute Gasteiger partial charge is 0.504 e. The zero-order valence-corrected chi connectivity index (χ0v) is 18.7. The van der Waals surface area contributed by atoms with Gasteiger partial charge in [0, 0.05) is 24.5 Å². The fraction of sp³-hybridized carbons (Fsp3) is 0.273. The van der Waals surface area contributed by atoms with Gasteiger partial charge in [0.05, 0.1) is 12.9 Å². The van der Waals surface area contributed by atoms with E-state index in [1.54, 1.807) is 19.2 Å². The number of aromatic nitrogens is 5. The molecular weight excluding hydrogens is 444 g/mol. The van der Waals surface area contributed by atoms with E-state index in [0.717, 1.165) is 17.7 Å². The molecule has 2 N–H and O–H groups in total. The lowest BCUT2D eigenvalue weighted by atomic mass is 10.1. The standard InChI is InChI=1S/C22H22N6O4S/c1-32-15-7-4-6-14(12-15)13-17-24-21(27-26-17)19-20(29)18-16(8-5-9-23-18)22(25-19)28-10-2-3-11-33(28,30)31/h4-9,12,29H,2-3,10-11,13H2,1H3,(H,24,26,27). The van der Waals surface area contributed by atoms with E-state index < -0.39 is 10.0 Å². The van der Waals surface area contributed by atoms with Gasteiger partial charge in [-0.3, -0.25) is 9.29 Å². The molecule has 33 heavy (non-hydrogen) atoms. The van der Waals surface area contributed by atoms with Crippen molar-refractivity contribution in [2.45, 2.75) is 19.3 Å². The summed E-state index contributed by atoms with van der Waals surface area (Å²) in [6, 6.07) is 11.0. The number of pyridine rings is 2. The van der Waals surface area contributed by atoms with Crippen LogP contribution in [-0.4, -0.2) is 58.1 Å². The molecule has 0 atom stereocenters. The number of hydrogen-bond donors (Lipinski definition) is 2. The molecule has 10 nitrogen and oxygen atoms in total. The molecule has 4 aromatic rings. The third kappa shape index (κ3) is 3.95. The van der Waals surface area contributed by atoms with Gasteiger partial charge < -0.3 is 14.8 Å². The average molecular weight is 467 g/mol. The maximum atomic E-state index is 12.8. The molecule has 0 spiro atoms. The number of sulfonamides is 1. The monoisotopic (exact) mass is 466 g/mol. The third-order valence-corrected chi connectivity index (χ3v) is 7.40. The van der Waals surface area contributed by atoms with Gasteiger partial charge in [0.15, 0.2) is 23.1 Å². The van der Waals surface area contributed by atoms with Crippen LogP contribution in [0.15, 0.2) is 42.6 Å². The van der Waals surface area contributed by atoms with Crippen molar-refractivity contribution in [3.8, 4) is 23.0 Å². The van der Waals surface area contributed by atoms with Crippen molar-refractivity contribution in [2.75, 3.05) is 23.7 Å². The summed E-state index contributed by atoms with van der Waals surface area (Å²) in [5, 5.41) is 19.7. The van der Waals surface area contributed by atoms with Gasteiger partial charge in [-0.25, -0.2) is 13.4 Å².